The van der Waals surface area contributed by atoms with Crippen molar-refractivity contribution in [2.45, 2.75) is 38.6 Å². The zero-order valence-corrected chi connectivity index (χ0v) is 14.4. The first-order valence-electron chi connectivity index (χ1n) is 8.47. The van der Waals surface area contributed by atoms with E-state index < -0.39 is 0 Å². The summed E-state index contributed by atoms with van der Waals surface area (Å²) in [6.07, 6.45) is 2.34. The summed E-state index contributed by atoms with van der Waals surface area (Å²) in [7, 11) is 1.64. The molecule has 0 aromatic heterocycles. The molecule has 132 valence electrons. The third-order valence-electron chi connectivity index (χ3n) is 4.20. The number of carbonyl (C=O) groups excluding carboxylic acids is 2. The second-order valence-corrected chi connectivity index (χ2v) is 5.84. The fourth-order valence-corrected chi connectivity index (χ4v) is 2.88. The molecule has 1 N–H and O–H groups in total. The van der Waals surface area contributed by atoms with Crippen molar-refractivity contribution in [3.8, 4) is 5.75 Å². The largest absolute Gasteiger partial charge is 0.496 e. The van der Waals surface area contributed by atoms with Crippen LogP contribution in [0.1, 0.15) is 31.7 Å². The van der Waals surface area contributed by atoms with Crippen LogP contribution in [0.15, 0.2) is 24.3 Å². The third kappa shape index (κ3) is 5.15. The number of nitrogens with one attached hydrogen (secondary N) is 1. The van der Waals surface area contributed by atoms with Gasteiger partial charge in [0.05, 0.1) is 13.7 Å². The van der Waals surface area contributed by atoms with Crippen LogP contribution in [0.2, 0.25) is 0 Å². The lowest BCUT2D eigenvalue weighted by Gasteiger charge is -2.31. The topological polar surface area (TPSA) is 67.9 Å². The first kappa shape index (κ1) is 18.1. The molecule has 0 atom stereocenters. The van der Waals surface area contributed by atoms with Crippen LogP contribution >= 0.6 is 0 Å². The molecule has 0 aliphatic carbocycles. The molecule has 0 spiro atoms. The summed E-state index contributed by atoms with van der Waals surface area (Å²) in [6, 6.07) is 7.86. The van der Waals surface area contributed by atoms with Crippen LogP contribution < -0.4 is 10.1 Å². The molecular formula is C18H26N2O4. The maximum Gasteiger partial charge on any atom is 0.409 e. The molecule has 1 heterocycles. The molecule has 2 rings (SSSR count). The lowest BCUT2D eigenvalue weighted by atomic mass is 10.0. The Morgan fingerprint density at radius 3 is 2.62 bits per heavy atom. The average Bonchev–Trinajstić information content (AvgIpc) is 2.61. The summed E-state index contributed by atoms with van der Waals surface area (Å²) in [5.74, 6) is 0.850. The molecular weight excluding hydrogens is 308 g/mol. The van der Waals surface area contributed by atoms with E-state index in [0.717, 1.165) is 24.2 Å². The van der Waals surface area contributed by atoms with Crippen LogP contribution in [0.25, 0.3) is 0 Å². The Morgan fingerprint density at radius 1 is 1.25 bits per heavy atom. The highest BCUT2D eigenvalue weighted by molar-refractivity contribution is 5.76. The number of hydrogen-bond donors (Lipinski definition) is 1. The van der Waals surface area contributed by atoms with Gasteiger partial charge in [-0.2, -0.15) is 0 Å². The predicted molar refractivity (Wildman–Crippen MR) is 91.1 cm³/mol. The first-order chi connectivity index (χ1) is 11.6. The summed E-state index contributed by atoms with van der Waals surface area (Å²) in [4.78, 5) is 25.5. The number of nitrogens with zero attached hydrogens (tertiary/aromatic N) is 1. The maximum atomic E-state index is 12.1. The van der Waals surface area contributed by atoms with E-state index in [4.69, 9.17) is 9.47 Å². The van der Waals surface area contributed by atoms with Crippen LogP contribution in [0.4, 0.5) is 4.79 Å². The molecule has 24 heavy (non-hydrogen) atoms. The van der Waals surface area contributed by atoms with Gasteiger partial charge in [0, 0.05) is 25.6 Å². The van der Waals surface area contributed by atoms with Crippen molar-refractivity contribution >= 4 is 12.0 Å². The molecule has 1 aromatic carbocycles. The highest BCUT2D eigenvalue weighted by Crippen LogP contribution is 2.19. The van der Waals surface area contributed by atoms with Crippen molar-refractivity contribution in [2.75, 3.05) is 26.8 Å². The van der Waals surface area contributed by atoms with Crippen molar-refractivity contribution in [3.63, 3.8) is 0 Å². The number of methoxy groups -OCH3 is 1. The normalized spacial score (nSPS) is 15.0. The number of likely N-dealkylation sites (tertiary alicyclic amines) is 1. The summed E-state index contributed by atoms with van der Waals surface area (Å²) < 4.78 is 10.3. The molecule has 1 aliphatic heterocycles. The van der Waals surface area contributed by atoms with Crippen molar-refractivity contribution in [1.82, 2.24) is 10.2 Å². The van der Waals surface area contributed by atoms with E-state index in [1.807, 2.05) is 24.3 Å². The Hall–Kier alpha value is -2.24. The fourth-order valence-electron chi connectivity index (χ4n) is 2.88. The lowest BCUT2D eigenvalue weighted by molar-refractivity contribution is -0.122. The number of ether oxygens (including phenoxy) is 2. The van der Waals surface area contributed by atoms with E-state index in [1.54, 1.807) is 18.9 Å². The highest BCUT2D eigenvalue weighted by Gasteiger charge is 2.24. The Kier molecular flexibility index (Phi) is 6.90. The number of piperidine rings is 1. The smallest absolute Gasteiger partial charge is 0.409 e. The van der Waals surface area contributed by atoms with E-state index in [1.165, 1.54) is 0 Å². The van der Waals surface area contributed by atoms with E-state index in [9.17, 15) is 9.59 Å². The second-order valence-electron chi connectivity index (χ2n) is 5.84. The lowest BCUT2D eigenvalue weighted by Crippen LogP contribution is -2.46. The first-order valence-corrected chi connectivity index (χ1v) is 8.47. The number of rotatable bonds is 6. The van der Waals surface area contributed by atoms with Crippen LogP contribution in [0.5, 0.6) is 5.75 Å². The summed E-state index contributed by atoms with van der Waals surface area (Å²) >= 11 is 0. The van der Waals surface area contributed by atoms with Crippen molar-refractivity contribution in [2.24, 2.45) is 0 Å². The van der Waals surface area contributed by atoms with Crippen LogP contribution in [0, 0.1) is 0 Å². The molecule has 1 aromatic rings. The van der Waals surface area contributed by atoms with Crippen molar-refractivity contribution < 1.29 is 19.1 Å². The van der Waals surface area contributed by atoms with Gasteiger partial charge in [-0.1, -0.05) is 18.2 Å². The third-order valence-corrected chi connectivity index (χ3v) is 4.20. The van der Waals surface area contributed by atoms with Gasteiger partial charge in [0.25, 0.3) is 0 Å². The van der Waals surface area contributed by atoms with Gasteiger partial charge in [0.2, 0.25) is 5.91 Å². The Morgan fingerprint density at radius 2 is 1.96 bits per heavy atom. The molecule has 0 bridgehead atoms. The molecule has 0 radical (unpaired) electrons. The molecule has 0 unspecified atom stereocenters. The number of carbonyl (C=O) groups is 2. The van der Waals surface area contributed by atoms with Crippen molar-refractivity contribution in [1.29, 1.82) is 0 Å². The predicted octanol–water partition coefficient (Wildman–Crippen LogP) is 2.36. The monoisotopic (exact) mass is 334 g/mol. The van der Waals surface area contributed by atoms with E-state index >= 15 is 0 Å². The molecule has 6 nitrogen and oxygen atoms in total. The van der Waals surface area contributed by atoms with Crippen molar-refractivity contribution in [3.05, 3.63) is 29.8 Å². The van der Waals surface area contributed by atoms with Gasteiger partial charge in [-0.05, 0) is 37.8 Å². The van der Waals surface area contributed by atoms with Gasteiger partial charge >= 0.3 is 6.09 Å². The fraction of sp³-hybridized carbons (Fsp3) is 0.556. The highest BCUT2D eigenvalue weighted by atomic mass is 16.6. The van der Waals surface area contributed by atoms with Gasteiger partial charge in [0.15, 0.2) is 0 Å². The number of hydrogen-bond acceptors (Lipinski definition) is 4. The summed E-state index contributed by atoms with van der Waals surface area (Å²) in [5.41, 5.74) is 1.03. The minimum atomic E-state index is -0.265. The van der Waals surface area contributed by atoms with Gasteiger partial charge in [-0.15, -0.1) is 0 Å². The Labute approximate surface area is 143 Å². The molecule has 0 saturated carbocycles. The average molecular weight is 334 g/mol. The summed E-state index contributed by atoms with van der Waals surface area (Å²) in [6.45, 7) is 3.43. The van der Waals surface area contributed by atoms with Crippen LogP contribution in [0.3, 0.4) is 0 Å². The number of benzene rings is 1. The molecule has 6 heteroatoms. The zero-order valence-electron chi connectivity index (χ0n) is 14.4. The summed E-state index contributed by atoms with van der Waals surface area (Å²) in [5, 5.41) is 3.06. The van der Waals surface area contributed by atoms with Crippen LogP contribution in [-0.2, 0) is 16.0 Å². The SMILES string of the molecule is CCOC(=O)N1CCC(NC(=O)CCc2ccccc2OC)CC1. The number of para-hydroxylation sites is 1. The van der Waals surface area contributed by atoms with Gasteiger partial charge in [0.1, 0.15) is 5.75 Å². The Bertz CT molecular complexity index is 554. The van der Waals surface area contributed by atoms with E-state index in [0.29, 0.717) is 32.5 Å². The number of amides is 2. The minimum Gasteiger partial charge on any atom is -0.496 e. The van der Waals surface area contributed by atoms with E-state index in [-0.39, 0.29) is 18.0 Å². The molecule has 1 fully saturated rings. The maximum absolute atomic E-state index is 12.1. The number of aryl methyl sites for hydroxylation is 1. The molecule has 2 amide bonds. The van der Waals surface area contributed by atoms with E-state index in [2.05, 4.69) is 5.32 Å². The Balaban J connectivity index is 1.73. The van der Waals surface area contributed by atoms with Crippen LogP contribution in [-0.4, -0.2) is 49.7 Å². The molecule has 1 saturated heterocycles. The van der Waals surface area contributed by atoms with Gasteiger partial charge < -0.3 is 19.7 Å². The van der Waals surface area contributed by atoms with Gasteiger partial charge in [-0.25, -0.2) is 4.79 Å². The minimum absolute atomic E-state index is 0.0375. The zero-order chi connectivity index (χ0) is 17.4. The molecule has 1 aliphatic rings. The standard InChI is InChI=1S/C18H26N2O4/c1-3-24-18(22)20-12-10-15(11-13-20)19-17(21)9-8-14-6-4-5-7-16(14)23-2/h4-7,15H,3,8-13H2,1-2H3,(H,19,21). The second kappa shape index (κ2) is 9.15. The quantitative estimate of drug-likeness (QED) is 0.867. The van der Waals surface area contributed by atoms with Gasteiger partial charge in [-0.3, -0.25) is 4.79 Å².